The Hall–Kier alpha value is -3.18. The van der Waals surface area contributed by atoms with E-state index in [1.807, 2.05) is 6.07 Å². The summed E-state index contributed by atoms with van der Waals surface area (Å²) in [7, 11) is 0. The second-order valence-corrected chi connectivity index (χ2v) is 6.32. The maximum atomic E-state index is 12.8. The number of alkyl halides is 3. The van der Waals surface area contributed by atoms with Crippen LogP contribution in [0.4, 0.5) is 23.7 Å². The Morgan fingerprint density at radius 1 is 1.17 bits per heavy atom. The number of hydrogen-bond donors (Lipinski definition) is 3. The van der Waals surface area contributed by atoms with Crippen molar-refractivity contribution < 1.29 is 37.8 Å². The number of nitro groups is 1. The molecule has 0 aliphatic rings. The van der Waals surface area contributed by atoms with Crippen LogP contribution in [-0.2, 0) is 17.5 Å². The number of hydrogen-bond acceptors (Lipinski definition) is 6. The van der Waals surface area contributed by atoms with Crippen LogP contribution in [0.15, 0.2) is 48.5 Å². The number of nitrogens with zero attached hydrogens (tertiary/aromatic N) is 1. The zero-order chi connectivity index (χ0) is 22.3. The summed E-state index contributed by atoms with van der Waals surface area (Å²) < 4.78 is 43.5. The first-order chi connectivity index (χ1) is 14.1. The van der Waals surface area contributed by atoms with Gasteiger partial charge in [0.05, 0.1) is 11.0 Å². The second kappa shape index (κ2) is 10.0. The molecule has 2 atom stereocenters. The van der Waals surface area contributed by atoms with Crippen LogP contribution in [-0.4, -0.2) is 33.9 Å². The first-order valence-electron chi connectivity index (χ1n) is 8.76. The molecule has 0 heterocycles. The SMILES string of the molecule is O=C(NCCC(O)C(O)c1ccc(C(F)(F)F)c([N+](=O)[O-])c1)OCc1ccccc1. The van der Waals surface area contributed by atoms with Crippen molar-refractivity contribution in [3.8, 4) is 0 Å². The summed E-state index contributed by atoms with van der Waals surface area (Å²) in [6.07, 6.45) is -9.04. The molecule has 0 bridgehead atoms. The lowest BCUT2D eigenvalue weighted by Gasteiger charge is -2.19. The van der Waals surface area contributed by atoms with E-state index in [0.29, 0.717) is 12.1 Å². The van der Waals surface area contributed by atoms with Crippen LogP contribution in [0, 0.1) is 10.1 Å². The van der Waals surface area contributed by atoms with Gasteiger partial charge >= 0.3 is 12.3 Å². The van der Waals surface area contributed by atoms with Gasteiger partial charge in [0.15, 0.2) is 0 Å². The smallest absolute Gasteiger partial charge is 0.422 e. The molecule has 1 amide bonds. The van der Waals surface area contributed by atoms with Gasteiger partial charge in [-0.3, -0.25) is 10.1 Å². The van der Waals surface area contributed by atoms with Gasteiger partial charge in [-0.25, -0.2) is 4.79 Å². The molecule has 0 radical (unpaired) electrons. The van der Waals surface area contributed by atoms with E-state index in [1.54, 1.807) is 24.3 Å². The topological polar surface area (TPSA) is 122 Å². The molecule has 3 N–H and O–H groups in total. The highest BCUT2D eigenvalue weighted by Crippen LogP contribution is 2.37. The number of ether oxygens (including phenoxy) is 1. The van der Waals surface area contributed by atoms with Crippen LogP contribution in [0.5, 0.6) is 0 Å². The van der Waals surface area contributed by atoms with Gasteiger partial charge < -0.3 is 20.3 Å². The normalized spacial score (nSPS) is 13.4. The molecule has 2 aromatic carbocycles. The molecule has 8 nitrogen and oxygen atoms in total. The van der Waals surface area contributed by atoms with Crippen LogP contribution >= 0.6 is 0 Å². The van der Waals surface area contributed by atoms with Gasteiger partial charge in [-0.1, -0.05) is 36.4 Å². The van der Waals surface area contributed by atoms with E-state index in [1.165, 1.54) is 0 Å². The molecule has 0 saturated carbocycles. The molecule has 0 saturated heterocycles. The van der Waals surface area contributed by atoms with Crippen molar-refractivity contribution in [2.75, 3.05) is 6.54 Å². The fourth-order valence-corrected chi connectivity index (χ4v) is 2.60. The highest BCUT2D eigenvalue weighted by molar-refractivity contribution is 5.67. The Morgan fingerprint density at radius 2 is 1.83 bits per heavy atom. The van der Waals surface area contributed by atoms with E-state index in [-0.39, 0.29) is 25.1 Å². The van der Waals surface area contributed by atoms with E-state index in [0.717, 1.165) is 11.6 Å². The molecule has 0 spiro atoms. The molecule has 2 aromatic rings. The van der Waals surface area contributed by atoms with E-state index in [9.17, 15) is 38.3 Å². The van der Waals surface area contributed by atoms with E-state index in [4.69, 9.17) is 4.74 Å². The molecule has 11 heteroatoms. The summed E-state index contributed by atoms with van der Waals surface area (Å²) in [5.41, 5.74) is -2.17. The average Bonchev–Trinajstić information content (AvgIpc) is 2.71. The monoisotopic (exact) mass is 428 g/mol. The van der Waals surface area contributed by atoms with E-state index >= 15 is 0 Å². The zero-order valence-electron chi connectivity index (χ0n) is 15.5. The van der Waals surface area contributed by atoms with E-state index < -0.39 is 40.7 Å². The van der Waals surface area contributed by atoms with Crippen molar-refractivity contribution in [3.63, 3.8) is 0 Å². The lowest BCUT2D eigenvalue weighted by molar-refractivity contribution is -0.388. The van der Waals surface area contributed by atoms with E-state index in [2.05, 4.69) is 5.32 Å². The molecule has 0 aliphatic carbocycles. The van der Waals surface area contributed by atoms with Crippen molar-refractivity contribution in [2.24, 2.45) is 0 Å². The second-order valence-electron chi connectivity index (χ2n) is 6.32. The highest BCUT2D eigenvalue weighted by Gasteiger charge is 2.38. The molecule has 0 fully saturated rings. The first kappa shape index (κ1) is 23.1. The Bertz CT molecular complexity index is 876. The number of halogens is 3. The van der Waals surface area contributed by atoms with Crippen molar-refractivity contribution >= 4 is 11.8 Å². The Morgan fingerprint density at radius 3 is 2.43 bits per heavy atom. The predicted octanol–water partition coefficient (Wildman–Crippen LogP) is 3.32. The Balaban J connectivity index is 1.89. The number of nitro benzene ring substituents is 1. The summed E-state index contributed by atoms with van der Waals surface area (Å²) >= 11 is 0. The van der Waals surface area contributed by atoms with Gasteiger partial charge in [0.2, 0.25) is 0 Å². The van der Waals surface area contributed by atoms with Gasteiger partial charge in [0.1, 0.15) is 18.3 Å². The molecule has 2 unspecified atom stereocenters. The summed E-state index contributed by atoms with van der Waals surface area (Å²) in [5, 5.41) is 33.4. The molecule has 0 aromatic heterocycles. The van der Waals surface area contributed by atoms with Crippen LogP contribution in [0.25, 0.3) is 0 Å². The number of nitrogens with one attached hydrogen (secondary N) is 1. The minimum atomic E-state index is -4.94. The maximum absolute atomic E-state index is 12.8. The lowest BCUT2D eigenvalue weighted by atomic mass is 9.99. The number of amides is 1. The number of benzene rings is 2. The fraction of sp³-hybridized carbons (Fsp3) is 0.316. The quantitative estimate of drug-likeness (QED) is 0.438. The van der Waals surface area contributed by atoms with Crippen LogP contribution in [0.3, 0.4) is 0 Å². The first-order valence-corrected chi connectivity index (χ1v) is 8.76. The summed E-state index contributed by atoms with van der Waals surface area (Å²) in [5.74, 6) is 0. The Labute approximate surface area is 169 Å². The van der Waals surface area contributed by atoms with Gasteiger partial charge in [-0.05, 0) is 23.6 Å². The maximum Gasteiger partial charge on any atom is 0.422 e. The van der Waals surface area contributed by atoms with Crippen molar-refractivity contribution in [3.05, 3.63) is 75.3 Å². The highest BCUT2D eigenvalue weighted by atomic mass is 19.4. The number of alkyl carbamates (subject to hydrolysis) is 1. The number of aliphatic hydroxyl groups is 2. The summed E-state index contributed by atoms with van der Waals surface area (Å²) in [6.45, 7) is -0.0678. The fourth-order valence-electron chi connectivity index (χ4n) is 2.60. The molecular weight excluding hydrogens is 409 g/mol. The summed E-state index contributed by atoms with van der Waals surface area (Å²) in [6, 6.07) is 10.8. The Kier molecular flexibility index (Phi) is 7.72. The van der Waals surface area contributed by atoms with Gasteiger partial charge in [0.25, 0.3) is 5.69 Å². The largest absolute Gasteiger partial charge is 0.445 e. The number of rotatable bonds is 8. The third-order valence-electron chi connectivity index (χ3n) is 4.15. The molecule has 162 valence electrons. The molecule has 30 heavy (non-hydrogen) atoms. The van der Waals surface area contributed by atoms with Crippen molar-refractivity contribution in [2.45, 2.75) is 31.4 Å². The van der Waals surface area contributed by atoms with Crippen LogP contribution < -0.4 is 5.32 Å². The predicted molar refractivity (Wildman–Crippen MR) is 98.3 cm³/mol. The number of carbonyl (C=O) groups is 1. The summed E-state index contributed by atoms with van der Waals surface area (Å²) in [4.78, 5) is 21.3. The van der Waals surface area contributed by atoms with Crippen LogP contribution in [0.1, 0.15) is 29.2 Å². The third-order valence-corrected chi connectivity index (χ3v) is 4.15. The molecular formula is C19H19F3N2O6. The van der Waals surface area contributed by atoms with Gasteiger partial charge in [0, 0.05) is 12.6 Å². The van der Waals surface area contributed by atoms with Crippen LogP contribution in [0.2, 0.25) is 0 Å². The minimum absolute atomic E-state index is 0.0348. The zero-order valence-corrected chi connectivity index (χ0v) is 15.5. The lowest BCUT2D eigenvalue weighted by Crippen LogP contribution is -2.29. The minimum Gasteiger partial charge on any atom is -0.445 e. The van der Waals surface area contributed by atoms with Crippen molar-refractivity contribution in [1.82, 2.24) is 5.32 Å². The molecule has 2 rings (SSSR count). The standard InChI is InChI=1S/C19H19F3N2O6/c20-19(21,22)14-7-6-13(10-15(14)24(28)29)17(26)16(25)8-9-23-18(27)30-11-12-4-2-1-3-5-12/h1-7,10,16-17,25-26H,8-9,11H2,(H,23,27). The van der Waals surface area contributed by atoms with Gasteiger partial charge in [-0.2, -0.15) is 13.2 Å². The third kappa shape index (κ3) is 6.42. The van der Waals surface area contributed by atoms with Crippen molar-refractivity contribution in [1.29, 1.82) is 0 Å². The van der Waals surface area contributed by atoms with Gasteiger partial charge in [-0.15, -0.1) is 0 Å². The number of aliphatic hydroxyl groups excluding tert-OH is 2. The number of carbonyl (C=O) groups excluding carboxylic acids is 1. The average molecular weight is 428 g/mol. The molecule has 0 aliphatic heterocycles.